The quantitative estimate of drug-likeness (QED) is 0.687. The minimum absolute atomic E-state index is 0. The molecule has 0 amide bonds. The van der Waals surface area contributed by atoms with Gasteiger partial charge >= 0.3 is 0 Å². The van der Waals surface area contributed by atoms with Crippen LogP contribution >= 0.6 is 0 Å². The van der Waals surface area contributed by atoms with Crippen LogP contribution in [0.2, 0.25) is 0 Å². The van der Waals surface area contributed by atoms with Crippen LogP contribution in [0.5, 0.6) is 0 Å². The zero-order chi connectivity index (χ0) is 14.6. The number of Topliss-reactive ketones (excluding diaryl/α,β-unsaturated/α-hetero) is 1. The summed E-state index contributed by atoms with van der Waals surface area (Å²) in [5, 5.41) is 0. The molecule has 1 fully saturated rings. The first kappa shape index (κ1) is 21.2. The molecule has 1 heterocycles. The molecule has 2 atom stereocenters. The Morgan fingerprint density at radius 3 is 1.47 bits per heavy atom. The number of hydrogen-bond acceptors (Lipinski definition) is 1. The standard InChI is InChI=1S/C10H22N.C6H12O.ClH/c1-5-9-7-11(3,4)8-10(9)6-2;1-5(7)6(2,3)4;/h9-10H,5-8H2,1-4H3;1-4H3;1H/q+1;;/p-1. The minimum atomic E-state index is -0.139. The van der Waals surface area contributed by atoms with Crippen LogP contribution in [-0.2, 0) is 4.79 Å². The van der Waals surface area contributed by atoms with E-state index in [1.807, 2.05) is 20.8 Å². The average Bonchev–Trinajstić information content (AvgIpc) is 2.52. The molecule has 1 rings (SSSR count). The molecule has 0 N–H and O–H groups in total. The fourth-order valence-corrected chi connectivity index (χ4v) is 2.57. The Morgan fingerprint density at radius 2 is 1.32 bits per heavy atom. The lowest BCUT2D eigenvalue weighted by molar-refractivity contribution is -0.880. The van der Waals surface area contributed by atoms with Gasteiger partial charge in [0.1, 0.15) is 5.78 Å². The van der Waals surface area contributed by atoms with Crippen molar-refractivity contribution in [1.82, 2.24) is 0 Å². The number of quaternary nitrogens is 1. The molecule has 0 saturated carbocycles. The van der Waals surface area contributed by atoms with E-state index in [0.29, 0.717) is 0 Å². The number of rotatable bonds is 2. The summed E-state index contributed by atoms with van der Waals surface area (Å²) in [6.07, 6.45) is 2.75. The van der Waals surface area contributed by atoms with Gasteiger partial charge in [0.25, 0.3) is 0 Å². The topological polar surface area (TPSA) is 17.1 Å². The Balaban J connectivity index is 0. The SMILES string of the molecule is CC(=O)C(C)(C)C.CCC1C[N+](C)(C)CC1CC.[Cl-]. The third kappa shape index (κ3) is 7.94. The van der Waals surface area contributed by atoms with E-state index in [0.717, 1.165) is 11.8 Å². The Morgan fingerprint density at radius 1 is 1.05 bits per heavy atom. The number of ketones is 1. The average molecular weight is 292 g/mol. The van der Waals surface area contributed by atoms with Crippen LogP contribution in [0.1, 0.15) is 54.4 Å². The molecule has 0 spiro atoms. The lowest BCUT2D eigenvalue weighted by Crippen LogP contribution is -3.00. The van der Waals surface area contributed by atoms with Crippen LogP contribution in [0.15, 0.2) is 0 Å². The molecule has 2 unspecified atom stereocenters. The molecule has 116 valence electrons. The first-order chi connectivity index (χ1) is 8.03. The van der Waals surface area contributed by atoms with Gasteiger partial charge in [0.2, 0.25) is 0 Å². The van der Waals surface area contributed by atoms with E-state index >= 15 is 0 Å². The zero-order valence-electron chi connectivity index (χ0n) is 14.2. The maximum Gasteiger partial charge on any atom is 0.135 e. The molecule has 1 saturated heterocycles. The lowest BCUT2D eigenvalue weighted by Gasteiger charge is -2.23. The van der Waals surface area contributed by atoms with Gasteiger partial charge in [-0.2, -0.15) is 0 Å². The second kappa shape index (κ2) is 8.26. The van der Waals surface area contributed by atoms with Crippen molar-refractivity contribution in [2.24, 2.45) is 17.3 Å². The maximum atomic E-state index is 10.5. The van der Waals surface area contributed by atoms with Gasteiger partial charge in [0, 0.05) is 17.3 Å². The summed E-state index contributed by atoms with van der Waals surface area (Å²) in [7, 11) is 4.72. The predicted molar refractivity (Wildman–Crippen MR) is 79.5 cm³/mol. The Hall–Kier alpha value is -0.0800. The van der Waals surface area contributed by atoms with Gasteiger partial charge in [0.15, 0.2) is 0 Å². The Bertz CT molecular complexity index is 254. The third-order valence-corrected chi connectivity index (χ3v) is 4.23. The highest BCUT2D eigenvalue weighted by molar-refractivity contribution is 5.80. The van der Waals surface area contributed by atoms with Crippen molar-refractivity contribution in [2.45, 2.75) is 54.4 Å². The summed E-state index contributed by atoms with van der Waals surface area (Å²) in [6, 6.07) is 0. The van der Waals surface area contributed by atoms with Gasteiger partial charge in [-0.3, -0.25) is 4.79 Å². The van der Waals surface area contributed by atoms with Gasteiger partial charge < -0.3 is 16.9 Å². The first-order valence-electron chi connectivity index (χ1n) is 7.36. The van der Waals surface area contributed by atoms with E-state index in [1.54, 1.807) is 6.92 Å². The number of nitrogens with zero attached hydrogens (tertiary/aromatic N) is 1. The number of carbonyl (C=O) groups is 1. The van der Waals surface area contributed by atoms with E-state index in [2.05, 4.69) is 27.9 Å². The lowest BCUT2D eigenvalue weighted by atomic mass is 9.92. The first-order valence-corrected chi connectivity index (χ1v) is 7.36. The molecule has 2 nitrogen and oxygen atoms in total. The summed E-state index contributed by atoms with van der Waals surface area (Å²) in [6.45, 7) is 14.8. The van der Waals surface area contributed by atoms with Crippen LogP contribution in [0, 0.1) is 17.3 Å². The molecule has 0 aromatic carbocycles. The summed E-state index contributed by atoms with van der Waals surface area (Å²) >= 11 is 0. The summed E-state index contributed by atoms with van der Waals surface area (Å²) in [5.41, 5.74) is -0.139. The van der Waals surface area contributed by atoms with Crippen LogP contribution in [0.3, 0.4) is 0 Å². The highest BCUT2D eigenvalue weighted by atomic mass is 35.5. The zero-order valence-corrected chi connectivity index (χ0v) is 15.0. The van der Waals surface area contributed by atoms with Gasteiger partial charge in [-0.15, -0.1) is 0 Å². The Labute approximate surface area is 126 Å². The highest BCUT2D eigenvalue weighted by Gasteiger charge is 2.37. The number of hydrogen-bond donors (Lipinski definition) is 0. The molecule has 19 heavy (non-hydrogen) atoms. The van der Waals surface area contributed by atoms with E-state index in [1.165, 1.54) is 30.4 Å². The van der Waals surface area contributed by atoms with E-state index < -0.39 is 0 Å². The van der Waals surface area contributed by atoms with Crippen LogP contribution in [-0.4, -0.2) is 37.5 Å². The fourth-order valence-electron chi connectivity index (χ4n) is 2.57. The smallest absolute Gasteiger partial charge is 0.135 e. The molecule has 0 bridgehead atoms. The van der Waals surface area contributed by atoms with Crippen molar-refractivity contribution in [3.63, 3.8) is 0 Å². The van der Waals surface area contributed by atoms with Gasteiger partial charge in [-0.1, -0.05) is 34.6 Å². The summed E-state index contributed by atoms with van der Waals surface area (Å²) in [5.74, 6) is 2.23. The second-order valence-corrected chi connectivity index (χ2v) is 7.44. The van der Waals surface area contributed by atoms with Crippen LogP contribution < -0.4 is 12.4 Å². The number of halogens is 1. The molecule has 0 aliphatic carbocycles. The fraction of sp³-hybridized carbons (Fsp3) is 0.938. The van der Waals surface area contributed by atoms with Crippen LogP contribution in [0.25, 0.3) is 0 Å². The summed E-state index contributed by atoms with van der Waals surface area (Å²) < 4.78 is 1.25. The molecule has 1 aliphatic heterocycles. The van der Waals surface area contributed by atoms with Gasteiger partial charge in [-0.05, 0) is 19.8 Å². The predicted octanol–water partition coefficient (Wildman–Crippen LogP) is 0.754. The van der Waals surface area contributed by atoms with Crippen molar-refractivity contribution in [1.29, 1.82) is 0 Å². The number of carbonyl (C=O) groups excluding carboxylic acids is 1. The van der Waals surface area contributed by atoms with E-state index in [4.69, 9.17) is 0 Å². The maximum absolute atomic E-state index is 10.5. The molecule has 0 radical (unpaired) electrons. The van der Waals surface area contributed by atoms with Crippen molar-refractivity contribution in [3.05, 3.63) is 0 Å². The molecule has 3 heteroatoms. The van der Waals surface area contributed by atoms with E-state index in [9.17, 15) is 4.79 Å². The Kier molecular flexibility index (Phi) is 9.23. The van der Waals surface area contributed by atoms with Gasteiger partial charge in [-0.25, -0.2) is 0 Å². The molecule has 1 aliphatic rings. The highest BCUT2D eigenvalue weighted by Crippen LogP contribution is 2.30. The molecular formula is C16H34ClNO. The van der Waals surface area contributed by atoms with Crippen LogP contribution in [0.4, 0.5) is 0 Å². The minimum Gasteiger partial charge on any atom is -1.00 e. The van der Waals surface area contributed by atoms with Gasteiger partial charge in [0.05, 0.1) is 27.2 Å². The molecular weight excluding hydrogens is 258 g/mol. The molecule has 0 aromatic heterocycles. The van der Waals surface area contributed by atoms with Crippen molar-refractivity contribution < 1.29 is 21.7 Å². The van der Waals surface area contributed by atoms with Crippen molar-refractivity contribution in [3.8, 4) is 0 Å². The monoisotopic (exact) mass is 291 g/mol. The normalized spacial score (nSPS) is 25.1. The summed E-state index contributed by atoms with van der Waals surface area (Å²) in [4.78, 5) is 10.5. The third-order valence-electron chi connectivity index (χ3n) is 4.23. The van der Waals surface area contributed by atoms with Crippen molar-refractivity contribution in [2.75, 3.05) is 27.2 Å². The number of likely N-dealkylation sites (tertiary alicyclic amines) is 1. The van der Waals surface area contributed by atoms with E-state index in [-0.39, 0.29) is 23.6 Å². The molecule has 0 aromatic rings. The van der Waals surface area contributed by atoms with Crippen molar-refractivity contribution >= 4 is 5.78 Å². The largest absolute Gasteiger partial charge is 1.00 e. The second-order valence-electron chi connectivity index (χ2n) is 7.44.